The quantitative estimate of drug-likeness (QED) is 0.0261. The van der Waals surface area contributed by atoms with Crippen LogP contribution in [-0.4, -0.2) is 37.2 Å². The van der Waals surface area contributed by atoms with Gasteiger partial charge in [-0.1, -0.05) is 273 Å². The van der Waals surface area contributed by atoms with Crippen LogP contribution < -0.4 is 0 Å². The lowest BCUT2D eigenvalue weighted by Crippen LogP contribution is -2.30. The van der Waals surface area contributed by atoms with Crippen molar-refractivity contribution in [2.75, 3.05) is 13.2 Å². The molecule has 440 valence electrons. The van der Waals surface area contributed by atoms with E-state index in [9.17, 15) is 14.4 Å². The zero-order valence-electron chi connectivity index (χ0n) is 50.5. The van der Waals surface area contributed by atoms with Crippen LogP contribution in [0.5, 0.6) is 0 Å². The van der Waals surface area contributed by atoms with Crippen LogP contribution in [0.15, 0.2) is 72.9 Å². The third-order valence-electron chi connectivity index (χ3n) is 14.4. The summed E-state index contributed by atoms with van der Waals surface area (Å²) in [6.45, 7) is 6.63. The third-order valence-corrected chi connectivity index (χ3v) is 14.4. The molecule has 0 spiro atoms. The molecule has 1 atom stereocenters. The van der Waals surface area contributed by atoms with Crippen LogP contribution in [0.4, 0.5) is 0 Å². The topological polar surface area (TPSA) is 78.9 Å². The second-order valence-electron chi connectivity index (χ2n) is 22.0. The fourth-order valence-corrected chi connectivity index (χ4v) is 9.42. The molecule has 0 bridgehead atoms. The molecule has 6 heteroatoms. The highest BCUT2D eigenvalue weighted by Crippen LogP contribution is 2.16. The first-order valence-corrected chi connectivity index (χ1v) is 32.9. The monoisotopic (exact) mass is 1060 g/mol. The second-order valence-corrected chi connectivity index (χ2v) is 22.0. The van der Waals surface area contributed by atoms with Gasteiger partial charge in [0.15, 0.2) is 6.10 Å². The lowest BCUT2D eigenvalue weighted by Gasteiger charge is -2.18. The predicted molar refractivity (Wildman–Crippen MR) is 330 cm³/mol. The Labute approximate surface area is 472 Å². The van der Waals surface area contributed by atoms with E-state index in [2.05, 4.69) is 93.7 Å². The van der Waals surface area contributed by atoms with Crippen molar-refractivity contribution in [1.82, 2.24) is 0 Å². The molecule has 0 aliphatic heterocycles. The Kier molecular flexibility index (Phi) is 61.7. The number of allylic oxidation sites excluding steroid dienone is 12. The van der Waals surface area contributed by atoms with Crippen LogP contribution in [-0.2, 0) is 28.6 Å². The molecular formula is C70H124O6. The maximum Gasteiger partial charge on any atom is 0.306 e. The highest BCUT2D eigenvalue weighted by Gasteiger charge is 2.19. The summed E-state index contributed by atoms with van der Waals surface area (Å²) in [7, 11) is 0. The number of ether oxygens (including phenoxy) is 3. The van der Waals surface area contributed by atoms with Gasteiger partial charge >= 0.3 is 17.9 Å². The Morgan fingerprint density at radius 3 is 0.763 bits per heavy atom. The van der Waals surface area contributed by atoms with E-state index in [1.165, 1.54) is 205 Å². The molecule has 0 aromatic heterocycles. The number of unbranched alkanes of at least 4 members (excludes halogenated alkanes) is 37. The van der Waals surface area contributed by atoms with Crippen molar-refractivity contribution in [3.05, 3.63) is 72.9 Å². The summed E-state index contributed by atoms with van der Waals surface area (Å²) in [5, 5.41) is 0. The van der Waals surface area contributed by atoms with Gasteiger partial charge in [-0.15, -0.1) is 0 Å². The summed E-state index contributed by atoms with van der Waals surface area (Å²) >= 11 is 0. The molecule has 0 amide bonds. The van der Waals surface area contributed by atoms with Crippen molar-refractivity contribution < 1.29 is 28.6 Å². The summed E-state index contributed by atoms with van der Waals surface area (Å²) in [5.74, 6) is -0.889. The van der Waals surface area contributed by atoms with Crippen LogP contribution >= 0.6 is 0 Å². The second kappa shape index (κ2) is 64.4. The minimum atomic E-state index is -0.786. The van der Waals surface area contributed by atoms with Crippen LogP contribution in [0.1, 0.15) is 335 Å². The molecule has 0 aromatic carbocycles. The summed E-state index contributed by atoms with van der Waals surface area (Å²) in [6, 6.07) is 0. The molecule has 1 unspecified atom stereocenters. The van der Waals surface area contributed by atoms with E-state index in [0.717, 1.165) is 89.9 Å². The molecule has 0 saturated heterocycles. The van der Waals surface area contributed by atoms with Crippen LogP contribution in [0.3, 0.4) is 0 Å². The maximum absolute atomic E-state index is 12.9. The lowest BCUT2D eigenvalue weighted by atomic mass is 10.1. The zero-order chi connectivity index (χ0) is 55.0. The molecule has 0 aliphatic rings. The van der Waals surface area contributed by atoms with Crippen molar-refractivity contribution in [1.29, 1.82) is 0 Å². The third kappa shape index (κ3) is 61.7. The van der Waals surface area contributed by atoms with Crippen molar-refractivity contribution >= 4 is 17.9 Å². The highest BCUT2D eigenvalue weighted by molar-refractivity contribution is 5.71. The average Bonchev–Trinajstić information content (AvgIpc) is 3.42. The predicted octanol–water partition coefficient (Wildman–Crippen LogP) is 22.5. The zero-order valence-corrected chi connectivity index (χ0v) is 50.5. The Morgan fingerprint density at radius 2 is 0.474 bits per heavy atom. The van der Waals surface area contributed by atoms with Gasteiger partial charge in [0.1, 0.15) is 13.2 Å². The minimum Gasteiger partial charge on any atom is -0.462 e. The van der Waals surface area contributed by atoms with Crippen molar-refractivity contribution in [2.24, 2.45) is 0 Å². The molecule has 0 fully saturated rings. The Bertz CT molecular complexity index is 1400. The maximum atomic E-state index is 12.9. The van der Waals surface area contributed by atoms with Gasteiger partial charge in [0.05, 0.1) is 0 Å². The van der Waals surface area contributed by atoms with Gasteiger partial charge in [0.2, 0.25) is 0 Å². The molecule has 0 aromatic rings. The number of carbonyl (C=O) groups excluding carboxylic acids is 3. The van der Waals surface area contributed by atoms with E-state index in [4.69, 9.17) is 14.2 Å². The molecule has 0 saturated carbocycles. The number of hydrogen-bond donors (Lipinski definition) is 0. The highest BCUT2D eigenvalue weighted by atomic mass is 16.6. The van der Waals surface area contributed by atoms with Crippen LogP contribution in [0.2, 0.25) is 0 Å². The van der Waals surface area contributed by atoms with E-state index >= 15 is 0 Å². The van der Waals surface area contributed by atoms with Crippen molar-refractivity contribution in [2.45, 2.75) is 341 Å². The number of esters is 3. The molecule has 0 aliphatic carbocycles. The lowest BCUT2D eigenvalue weighted by molar-refractivity contribution is -0.167. The van der Waals surface area contributed by atoms with E-state index < -0.39 is 6.10 Å². The normalized spacial score (nSPS) is 12.5. The molecular weight excluding hydrogens is 937 g/mol. The smallest absolute Gasteiger partial charge is 0.306 e. The van der Waals surface area contributed by atoms with Crippen molar-refractivity contribution in [3.8, 4) is 0 Å². The fourth-order valence-electron chi connectivity index (χ4n) is 9.42. The summed E-state index contributed by atoms with van der Waals surface area (Å²) < 4.78 is 16.9. The molecule has 0 heterocycles. The first-order valence-electron chi connectivity index (χ1n) is 32.9. The standard InChI is InChI=1S/C70H124O6/c1-4-7-10-13-16-19-22-25-28-31-32-33-34-35-36-37-38-40-42-45-48-51-54-57-60-63-69(72)75-66-67(65-74-68(71)62-59-56-53-50-47-44-41-30-27-24-21-18-15-12-9-6-3)76-70(73)64-61-58-55-52-49-46-43-39-29-26-23-20-17-14-11-8-5-2/h21-22,24-26,29-32,34-35,41,67H,4-20,23,27-28,33,36-40,42-66H2,1-3H3/b24-21-,25-22-,29-26-,32-31-,35-34-,41-30-. The van der Waals surface area contributed by atoms with Crippen LogP contribution in [0, 0.1) is 0 Å². The summed E-state index contributed by atoms with van der Waals surface area (Å²) in [5.41, 5.74) is 0. The average molecular weight is 1060 g/mol. The van der Waals surface area contributed by atoms with Gasteiger partial charge in [0, 0.05) is 19.3 Å². The van der Waals surface area contributed by atoms with E-state index in [1.807, 2.05) is 0 Å². The van der Waals surface area contributed by atoms with E-state index in [-0.39, 0.29) is 31.1 Å². The van der Waals surface area contributed by atoms with Gasteiger partial charge in [-0.3, -0.25) is 14.4 Å². The summed E-state index contributed by atoms with van der Waals surface area (Å²) in [4.78, 5) is 38.3. The van der Waals surface area contributed by atoms with E-state index in [1.54, 1.807) is 0 Å². The van der Waals surface area contributed by atoms with Gasteiger partial charge in [-0.05, 0) is 116 Å². The van der Waals surface area contributed by atoms with Crippen LogP contribution in [0.25, 0.3) is 0 Å². The molecule has 0 radical (unpaired) electrons. The Balaban J connectivity index is 4.35. The first-order chi connectivity index (χ1) is 37.5. The number of rotatable bonds is 60. The summed E-state index contributed by atoms with van der Waals surface area (Å²) in [6.07, 6.45) is 83.3. The first kappa shape index (κ1) is 72.8. The van der Waals surface area contributed by atoms with E-state index in [0.29, 0.717) is 19.3 Å². The fraction of sp³-hybridized carbons (Fsp3) is 0.786. The SMILES string of the molecule is CCCCCC/C=C\C/C=C\CCCCCCCC(=O)OCC(COC(=O)CCCCCCCCCCCC/C=C\C/C=C\C/C=C\CCCCCCC)OC(=O)CCCCCCCCC/C=C\CCCCCCCC. The van der Waals surface area contributed by atoms with Gasteiger partial charge in [0.25, 0.3) is 0 Å². The molecule has 0 N–H and O–H groups in total. The minimum absolute atomic E-state index is 0.0824. The number of hydrogen-bond acceptors (Lipinski definition) is 6. The van der Waals surface area contributed by atoms with Gasteiger partial charge in [-0.25, -0.2) is 0 Å². The molecule has 0 rings (SSSR count). The Morgan fingerprint density at radius 1 is 0.263 bits per heavy atom. The molecule has 6 nitrogen and oxygen atoms in total. The number of carbonyl (C=O) groups is 3. The Hall–Kier alpha value is -3.15. The van der Waals surface area contributed by atoms with Crippen molar-refractivity contribution in [3.63, 3.8) is 0 Å². The molecule has 76 heavy (non-hydrogen) atoms. The van der Waals surface area contributed by atoms with Gasteiger partial charge in [-0.2, -0.15) is 0 Å². The largest absolute Gasteiger partial charge is 0.462 e. The van der Waals surface area contributed by atoms with Gasteiger partial charge < -0.3 is 14.2 Å².